The van der Waals surface area contributed by atoms with Crippen molar-refractivity contribution in [1.29, 1.82) is 0 Å². The Morgan fingerprint density at radius 1 is 1.39 bits per heavy atom. The van der Waals surface area contributed by atoms with Crippen molar-refractivity contribution in [1.82, 2.24) is 5.32 Å². The van der Waals surface area contributed by atoms with Crippen LogP contribution in [-0.2, 0) is 6.54 Å². The van der Waals surface area contributed by atoms with Gasteiger partial charge in [0.15, 0.2) is 11.6 Å². The zero-order chi connectivity index (χ0) is 13.0. The number of methoxy groups -OCH3 is 1. The second-order valence-corrected chi connectivity index (χ2v) is 5.15. The van der Waals surface area contributed by atoms with Gasteiger partial charge < -0.3 is 10.1 Å². The minimum atomic E-state index is -0.244. The van der Waals surface area contributed by atoms with Crippen molar-refractivity contribution in [3.63, 3.8) is 0 Å². The van der Waals surface area contributed by atoms with E-state index < -0.39 is 0 Å². The largest absolute Gasteiger partial charge is 0.494 e. The summed E-state index contributed by atoms with van der Waals surface area (Å²) in [5.41, 5.74) is 0.680. The minimum Gasteiger partial charge on any atom is -0.494 e. The summed E-state index contributed by atoms with van der Waals surface area (Å²) in [6.07, 6.45) is 5.28. The standard InChI is InChI=1S/C15H22FNO/c1-11(12-6-3-4-7-12)17-10-13-8-5-9-14(18-2)15(13)16/h5,8-9,11-12,17H,3-4,6-7,10H2,1-2H3. The van der Waals surface area contributed by atoms with Crippen LogP contribution in [-0.4, -0.2) is 13.2 Å². The fourth-order valence-electron chi connectivity index (χ4n) is 2.75. The van der Waals surface area contributed by atoms with Crippen LogP contribution in [0, 0.1) is 11.7 Å². The maximum atomic E-state index is 13.9. The Morgan fingerprint density at radius 3 is 2.78 bits per heavy atom. The fraction of sp³-hybridized carbons (Fsp3) is 0.600. The topological polar surface area (TPSA) is 21.3 Å². The minimum absolute atomic E-state index is 0.244. The first kappa shape index (κ1) is 13.3. The summed E-state index contributed by atoms with van der Waals surface area (Å²) >= 11 is 0. The van der Waals surface area contributed by atoms with E-state index in [-0.39, 0.29) is 5.82 Å². The van der Waals surface area contributed by atoms with Gasteiger partial charge in [0.1, 0.15) is 0 Å². The zero-order valence-electron chi connectivity index (χ0n) is 11.2. The molecule has 1 aromatic carbocycles. The van der Waals surface area contributed by atoms with Crippen LogP contribution in [0.4, 0.5) is 4.39 Å². The normalized spacial score (nSPS) is 17.9. The lowest BCUT2D eigenvalue weighted by molar-refractivity contribution is 0.368. The summed E-state index contributed by atoms with van der Waals surface area (Å²) in [7, 11) is 1.50. The summed E-state index contributed by atoms with van der Waals surface area (Å²) in [6.45, 7) is 2.77. The third-order valence-electron chi connectivity index (χ3n) is 3.98. The highest BCUT2D eigenvalue weighted by molar-refractivity contribution is 5.30. The molecule has 0 aromatic heterocycles. The average molecular weight is 251 g/mol. The quantitative estimate of drug-likeness (QED) is 0.864. The Hall–Kier alpha value is -1.09. The number of ether oxygens (including phenoxy) is 1. The van der Waals surface area contributed by atoms with E-state index in [1.807, 2.05) is 12.1 Å². The zero-order valence-corrected chi connectivity index (χ0v) is 11.2. The van der Waals surface area contributed by atoms with Crippen molar-refractivity contribution in [2.45, 2.75) is 45.2 Å². The molecular weight excluding hydrogens is 229 g/mol. The van der Waals surface area contributed by atoms with Crippen molar-refractivity contribution in [3.05, 3.63) is 29.6 Å². The molecule has 2 rings (SSSR count). The summed E-state index contributed by atoms with van der Waals surface area (Å²) in [6, 6.07) is 5.75. The monoisotopic (exact) mass is 251 g/mol. The van der Waals surface area contributed by atoms with Crippen molar-refractivity contribution in [2.24, 2.45) is 5.92 Å². The summed E-state index contributed by atoms with van der Waals surface area (Å²) < 4.78 is 18.9. The molecule has 18 heavy (non-hydrogen) atoms. The smallest absolute Gasteiger partial charge is 0.169 e. The summed E-state index contributed by atoms with van der Waals surface area (Å²) in [5, 5.41) is 3.44. The van der Waals surface area contributed by atoms with Crippen LogP contribution in [0.5, 0.6) is 5.75 Å². The molecule has 1 unspecified atom stereocenters. The molecule has 0 spiro atoms. The molecule has 1 N–H and O–H groups in total. The first-order chi connectivity index (χ1) is 8.72. The van der Waals surface area contributed by atoms with Gasteiger partial charge in [0.25, 0.3) is 0 Å². The number of hydrogen-bond donors (Lipinski definition) is 1. The van der Waals surface area contributed by atoms with Crippen molar-refractivity contribution in [2.75, 3.05) is 7.11 Å². The van der Waals surface area contributed by atoms with Gasteiger partial charge in [-0.2, -0.15) is 0 Å². The Kier molecular flexibility index (Phi) is 4.59. The van der Waals surface area contributed by atoms with E-state index in [0.29, 0.717) is 23.9 Å². The Balaban J connectivity index is 1.93. The van der Waals surface area contributed by atoms with Crippen LogP contribution in [0.25, 0.3) is 0 Å². The molecule has 1 aliphatic carbocycles. The van der Waals surface area contributed by atoms with Gasteiger partial charge in [0.05, 0.1) is 7.11 Å². The van der Waals surface area contributed by atoms with Crippen LogP contribution in [0.1, 0.15) is 38.2 Å². The Morgan fingerprint density at radius 2 is 2.11 bits per heavy atom. The number of halogens is 1. The number of nitrogens with one attached hydrogen (secondary N) is 1. The Bertz CT molecular complexity index is 388. The third-order valence-corrected chi connectivity index (χ3v) is 3.98. The first-order valence-corrected chi connectivity index (χ1v) is 6.77. The molecule has 0 heterocycles. The maximum Gasteiger partial charge on any atom is 0.169 e. The van der Waals surface area contributed by atoms with E-state index in [4.69, 9.17) is 4.74 Å². The molecule has 1 aliphatic rings. The molecule has 3 heteroatoms. The molecule has 1 saturated carbocycles. The van der Waals surface area contributed by atoms with Crippen molar-refractivity contribution in [3.8, 4) is 5.75 Å². The molecule has 1 fully saturated rings. The van der Waals surface area contributed by atoms with Crippen molar-refractivity contribution < 1.29 is 9.13 Å². The fourth-order valence-corrected chi connectivity index (χ4v) is 2.75. The molecule has 0 saturated heterocycles. The second kappa shape index (κ2) is 6.19. The second-order valence-electron chi connectivity index (χ2n) is 5.15. The molecule has 0 radical (unpaired) electrons. The van der Waals surface area contributed by atoms with E-state index in [9.17, 15) is 4.39 Å². The van der Waals surface area contributed by atoms with Gasteiger partial charge >= 0.3 is 0 Å². The number of rotatable bonds is 5. The highest BCUT2D eigenvalue weighted by Crippen LogP contribution is 2.28. The molecule has 0 aliphatic heterocycles. The van der Waals surface area contributed by atoms with Gasteiger partial charge in [-0.25, -0.2) is 4.39 Å². The predicted octanol–water partition coefficient (Wildman–Crippen LogP) is 3.50. The molecule has 0 bridgehead atoms. The van der Waals surface area contributed by atoms with Crippen LogP contribution >= 0.6 is 0 Å². The lowest BCUT2D eigenvalue weighted by Crippen LogP contribution is -2.32. The van der Waals surface area contributed by atoms with Gasteiger partial charge in [-0.1, -0.05) is 25.0 Å². The van der Waals surface area contributed by atoms with E-state index in [2.05, 4.69) is 12.2 Å². The molecule has 1 aromatic rings. The summed E-state index contributed by atoms with van der Waals surface area (Å²) in [4.78, 5) is 0. The van der Waals surface area contributed by atoms with E-state index in [1.165, 1.54) is 32.8 Å². The van der Waals surface area contributed by atoms with Gasteiger partial charge in [-0.3, -0.25) is 0 Å². The van der Waals surface area contributed by atoms with Crippen molar-refractivity contribution >= 4 is 0 Å². The van der Waals surface area contributed by atoms with Crippen LogP contribution in [0.15, 0.2) is 18.2 Å². The summed E-state index contributed by atoms with van der Waals surface area (Å²) in [5.74, 6) is 0.826. The SMILES string of the molecule is COc1cccc(CNC(C)C2CCCC2)c1F. The first-order valence-electron chi connectivity index (χ1n) is 6.77. The molecule has 1 atom stereocenters. The van der Waals surface area contributed by atoms with Crippen LogP contribution < -0.4 is 10.1 Å². The Labute approximate surface area is 109 Å². The van der Waals surface area contributed by atoms with E-state index >= 15 is 0 Å². The van der Waals surface area contributed by atoms with Gasteiger partial charge in [-0.05, 0) is 31.7 Å². The number of benzene rings is 1. The molecular formula is C15H22FNO. The molecule has 0 amide bonds. The highest BCUT2D eigenvalue weighted by Gasteiger charge is 2.21. The molecule has 2 nitrogen and oxygen atoms in total. The van der Waals surface area contributed by atoms with Gasteiger partial charge in [0.2, 0.25) is 0 Å². The van der Waals surface area contributed by atoms with E-state index in [1.54, 1.807) is 6.07 Å². The lowest BCUT2D eigenvalue weighted by atomic mass is 9.99. The van der Waals surface area contributed by atoms with Crippen LogP contribution in [0.2, 0.25) is 0 Å². The van der Waals surface area contributed by atoms with E-state index in [0.717, 1.165) is 5.92 Å². The maximum absolute atomic E-state index is 13.9. The van der Waals surface area contributed by atoms with Gasteiger partial charge in [-0.15, -0.1) is 0 Å². The lowest BCUT2D eigenvalue weighted by Gasteiger charge is -2.20. The highest BCUT2D eigenvalue weighted by atomic mass is 19.1. The molecule has 100 valence electrons. The average Bonchev–Trinajstić information content (AvgIpc) is 2.91. The predicted molar refractivity (Wildman–Crippen MR) is 71.2 cm³/mol. The van der Waals surface area contributed by atoms with Crippen LogP contribution in [0.3, 0.4) is 0 Å². The van der Waals surface area contributed by atoms with Gasteiger partial charge in [0, 0.05) is 18.2 Å². The third kappa shape index (κ3) is 3.02. The number of hydrogen-bond acceptors (Lipinski definition) is 2.